The molecule has 1 N–H and O–H groups in total. The molecule has 148 valence electrons. The van der Waals surface area contributed by atoms with E-state index in [4.69, 9.17) is 4.98 Å². The van der Waals surface area contributed by atoms with E-state index in [0.717, 1.165) is 23.4 Å². The van der Waals surface area contributed by atoms with Crippen molar-refractivity contribution in [2.75, 3.05) is 19.6 Å². The Kier molecular flexibility index (Phi) is 5.77. The van der Waals surface area contributed by atoms with E-state index in [1.54, 1.807) is 28.8 Å². The van der Waals surface area contributed by atoms with Crippen LogP contribution in [0.4, 0.5) is 0 Å². The third-order valence-corrected chi connectivity index (χ3v) is 8.96. The number of nitrogens with one attached hydrogen (secondary N) is 1. The highest BCUT2D eigenvalue weighted by Crippen LogP contribution is 2.33. The van der Waals surface area contributed by atoms with Crippen LogP contribution in [0.15, 0.2) is 46.0 Å². The highest BCUT2D eigenvalue weighted by molar-refractivity contribution is 7.91. The third kappa shape index (κ3) is 4.27. The average Bonchev–Trinajstić information content (AvgIpc) is 3.38. The number of rotatable bonds is 6. The van der Waals surface area contributed by atoms with Crippen molar-refractivity contribution in [2.45, 2.75) is 29.4 Å². The number of amides is 1. The van der Waals surface area contributed by atoms with E-state index >= 15 is 0 Å². The standard InChI is InChI=1S/C19H21N3O3S3/c23-17(7-10-20-28(24,25)18-6-3-13-26-18)22-11-8-14(9-12-22)19-21-15-4-1-2-5-16(15)27-19/h1-6,13-14,20H,7-12H2. The summed E-state index contributed by atoms with van der Waals surface area (Å²) in [5.41, 5.74) is 1.04. The van der Waals surface area contributed by atoms with Crippen LogP contribution in [0.5, 0.6) is 0 Å². The van der Waals surface area contributed by atoms with E-state index in [1.807, 2.05) is 23.1 Å². The molecule has 28 heavy (non-hydrogen) atoms. The maximum Gasteiger partial charge on any atom is 0.250 e. The summed E-state index contributed by atoms with van der Waals surface area (Å²) in [4.78, 5) is 19.0. The quantitative estimate of drug-likeness (QED) is 0.643. The first kappa shape index (κ1) is 19.5. The van der Waals surface area contributed by atoms with E-state index in [-0.39, 0.29) is 23.1 Å². The molecule has 3 aromatic rings. The molecule has 1 aliphatic rings. The highest BCUT2D eigenvalue weighted by atomic mass is 32.2. The Balaban J connectivity index is 1.27. The molecule has 1 amide bonds. The summed E-state index contributed by atoms with van der Waals surface area (Å²) in [5, 5.41) is 2.87. The summed E-state index contributed by atoms with van der Waals surface area (Å²) in [6, 6.07) is 11.4. The topological polar surface area (TPSA) is 79.4 Å². The lowest BCUT2D eigenvalue weighted by Crippen LogP contribution is -2.39. The molecule has 0 spiro atoms. The SMILES string of the molecule is O=C(CCNS(=O)(=O)c1cccs1)N1CCC(c2nc3ccccc3s2)CC1. The Morgan fingerprint density at radius 3 is 2.68 bits per heavy atom. The normalized spacial score (nSPS) is 15.9. The van der Waals surface area contributed by atoms with E-state index in [2.05, 4.69) is 10.8 Å². The first-order valence-corrected chi connectivity index (χ1v) is 12.4. The van der Waals surface area contributed by atoms with Crippen LogP contribution >= 0.6 is 22.7 Å². The molecule has 1 aromatic carbocycles. The van der Waals surface area contributed by atoms with Gasteiger partial charge in [-0.15, -0.1) is 22.7 Å². The van der Waals surface area contributed by atoms with Crippen molar-refractivity contribution in [3.63, 3.8) is 0 Å². The molecular weight excluding hydrogens is 414 g/mol. The number of hydrogen-bond acceptors (Lipinski definition) is 6. The monoisotopic (exact) mass is 435 g/mol. The van der Waals surface area contributed by atoms with E-state index in [9.17, 15) is 13.2 Å². The van der Waals surface area contributed by atoms with Gasteiger partial charge in [-0.1, -0.05) is 18.2 Å². The molecule has 0 radical (unpaired) electrons. The van der Waals surface area contributed by atoms with Gasteiger partial charge in [0, 0.05) is 32.0 Å². The minimum atomic E-state index is -3.51. The number of aromatic nitrogens is 1. The average molecular weight is 436 g/mol. The van der Waals surface area contributed by atoms with Crippen LogP contribution in [-0.4, -0.2) is 43.8 Å². The fourth-order valence-electron chi connectivity index (χ4n) is 3.38. The summed E-state index contributed by atoms with van der Waals surface area (Å²) in [6.45, 7) is 1.51. The Labute approximate surface area is 172 Å². The molecule has 9 heteroatoms. The number of thiazole rings is 1. The molecular formula is C19H21N3O3S3. The van der Waals surface area contributed by atoms with Crippen molar-refractivity contribution in [2.24, 2.45) is 0 Å². The van der Waals surface area contributed by atoms with Crippen LogP contribution in [-0.2, 0) is 14.8 Å². The largest absolute Gasteiger partial charge is 0.343 e. The van der Waals surface area contributed by atoms with Gasteiger partial charge in [-0.05, 0) is 36.4 Å². The first-order chi connectivity index (χ1) is 13.5. The number of fused-ring (bicyclic) bond motifs is 1. The number of carbonyl (C=O) groups is 1. The van der Waals surface area contributed by atoms with Crippen LogP contribution in [0.25, 0.3) is 10.2 Å². The van der Waals surface area contributed by atoms with Gasteiger partial charge in [0.25, 0.3) is 0 Å². The van der Waals surface area contributed by atoms with E-state index in [0.29, 0.717) is 19.0 Å². The van der Waals surface area contributed by atoms with Gasteiger partial charge >= 0.3 is 0 Å². The van der Waals surface area contributed by atoms with Crippen molar-refractivity contribution in [3.8, 4) is 0 Å². The zero-order valence-electron chi connectivity index (χ0n) is 15.2. The zero-order valence-corrected chi connectivity index (χ0v) is 17.7. The van der Waals surface area contributed by atoms with Crippen molar-refractivity contribution < 1.29 is 13.2 Å². The fourth-order valence-corrected chi connectivity index (χ4v) is 6.58. The molecule has 1 fully saturated rings. The number of nitrogens with zero attached hydrogens (tertiary/aromatic N) is 2. The lowest BCUT2D eigenvalue weighted by atomic mass is 9.97. The highest BCUT2D eigenvalue weighted by Gasteiger charge is 2.26. The Morgan fingerprint density at radius 1 is 1.18 bits per heavy atom. The van der Waals surface area contributed by atoms with Gasteiger partial charge in [-0.2, -0.15) is 0 Å². The van der Waals surface area contributed by atoms with Crippen LogP contribution in [0.3, 0.4) is 0 Å². The van der Waals surface area contributed by atoms with Gasteiger partial charge in [0.2, 0.25) is 15.9 Å². The minimum Gasteiger partial charge on any atom is -0.343 e. The number of likely N-dealkylation sites (tertiary alicyclic amines) is 1. The molecule has 0 atom stereocenters. The molecule has 1 saturated heterocycles. The van der Waals surface area contributed by atoms with Crippen molar-refractivity contribution in [1.82, 2.24) is 14.6 Å². The van der Waals surface area contributed by atoms with Gasteiger partial charge in [-0.25, -0.2) is 18.1 Å². The summed E-state index contributed by atoms with van der Waals surface area (Å²) in [6.07, 6.45) is 1.97. The second-order valence-corrected chi connectivity index (χ2v) is 10.8. The molecule has 0 aliphatic carbocycles. The van der Waals surface area contributed by atoms with Gasteiger partial charge < -0.3 is 4.90 Å². The molecule has 4 rings (SSSR count). The van der Waals surface area contributed by atoms with Crippen LogP contribution < -0.4 is 4.72 Å². The number of carbonyl (C=O) groups excluding carboxylic acids is 1. The molecule has 6 nitrogen and oxygen atoms in total. The van der Waals surface area contributed by atoms with Gasteiger partial charge in [0.15, 0.2) is 0 Å². The second-order valence-electron chi connectivity index (χ2n) is 6.75. The predicted octanol–water partition coefficient (Wildman–Crippen LogP) is 3.43. The van der Waals surface area contributed by atoms with Crippen LogP contribution in [0.1, 0.15) is 30.2 Å². The first-order valence-electron chi connectivity index (χ1n) is 9.19. The Bertz CT molecular complexity index is 1020. The van der Waals surface area contributed by atoms with Crippen molar-refractivity contribution in [1.29, 1.82) is 0 Å². The lowest BCUT2D eigenvalue weighted by Gasteiger charge is -2.31. The molecule has 3 heterocycles. The molecule has 1 aliphatic heterocycles. The fraction of sp³-hybridized carbons (Fsp3) is 0.368. The van der Waals surface area contributed by atoms with Gasteiger partial charge in [0.1, 0.15) is 4.21 Å². The molecule has 2 aromatic heterocycles. The van der Waals surface area contributed by atoms with Crippen molar-refractivity contribution >= 4 is 48.8 Å². The molecule has 0 saturated carbocycles. The summed E-state index contributed by atoms with van der Waals surface area (Å²) >= 11 is 2.90. The van der Waals surface area contributed by atoms with Gasteiger partial charge in [0.05, 0.1) is 15.2 Å². The minimum absolute atomic E-state index is 0.00312. The second kappa shape index (κ2) is 8.28. The smallest absolute Gasteiger partial charge is 0.250 e. The lowest BCUT2D eigenvalue weighted by molar-refractivity contribution is -0.132. The number of hydrogen-bond donors (Lipinski definition) is 1. The maximum atomic E-state index is 12.4. The summed E-state index contributed by atoms with van der Waals surface area (Å²) < 4.78 is 28.2. The molecule has 0 unspecified atom stereocenters. The van der Waals surface area contributed by atoms with Crippen LogP contribution in [0.2, 0.25) is 0 Å². The zero-order chi connectivity index (χ0) is 19.6. The van der Waals surface area contributed by atoms with Gasteiger partial charge in [-0.3, -0.25) is 4.79 Å². The summed E-state index contributed by atoms with van der Waals surface area (Å²) in [5.74, 6) is 0.385. The molecule has 0 bridgehead atoms. The summed E-state index contributed by atoms with van der Waals surface area (Å²) in [7, 11) is -3.51. The number of benzene rings is 1. The number of thiophene rings is 1. The van der Waals surface area contributed by atoms with E-state index < -0.39 is 10.0 Å². The Morgan fingerprint density at radius 2 is 1.96 bits per heavy atom. The number of para-hydroxylation sites is 1. The maximum absolute atomic E-state index is 12.4. The number of piperidine rings is 1. The van der Waals surface area contributed by atoms with Crippen LogP contribution in [0, 0.1) is 0 Å². The van der Waals surface area contributed by atoms with Crippen molar-refractivity contribution in [3.05, 3.63) is 46.8 Å². The predicted molar refractivity (Wildman–Crippen MR) is 112 cm³/mol. The van der Waals surface area contributed by atoms with E-state index in [1.165, 1.54) is 16.0 Å². The Hall–Kier alpha value is -1.81. The number of sulfonamides is 1. The third-order valence-electron chi connectivity index (χ3n) is 4.90.